The van der Waals surface area contributed by atoms with Gasteiger partial charge in [-0.25, -0.2) is 8.78 Å². The molecule has 1 atom stereocenters. The molecule has 1 heterocycles. The molecule has 1 aliphatic rings. The topological polar surface area (TPSA) is 70.7 Å². The predicted octanol–water partition coefficient (Wildman–Crippen LogP) is 2.37. The van der Waals surface area contributed by atoms with Gasteiger partial charge in [0.25, 0.3) is 0 Å². The van der Waals surface area contributed by atoms with Gasteiger partial charge in [-0.1, -0.05) is 24.3 Å². The van der Waals surface area contributed by atoms with Gasteiger partial charge in [0.05, 0.1) is 19.1 Å². The molecule has 0 saturated carbocycles. The van der Waals surface area contributed by atoms with Crippen LogP contribution in [0.15, 0.2) is 42.5 Å². The Morgan fingerprint density at radius 2 is 1.93 bits per heavy atom. The number of nitrogens with one attached hydrogen (secondary N) is 2. The number of hydrogen-bond donors (Lipinski definition) is 2. The quantitative estimate of drug-likeness (QED) is 0.692. The minimum Gasteiger partial charge on any atom is -0.494 e. The number of ether oxygens (including phenoxy) is 1. The lowest BCUT2D eigenvalue weighted by Crippen LogP contribution is -2.56. The molecule has 30 heavy (non-hydrogen) atoms. The fraction of sp³-hybridized carbons (Fsp3) is 0.364. The van der Waals surface area contributed by atoms with Crippen molar-refractivity contribution in [1.82, 2.24) is 15.5 Å². The number of halogens is 2. The van der Waals surface area contributed by atoms with Gasteiger partial charge in [0, 0.05) is 37.3 Å². The van der Waals surface area contributed by atoms with Crippen LogP contribution in [-0.4, -0.2) is 42.5 Å². The molecule has 0 radical (unpaired) electrons. The first-order valence-electron chi connectivity index (χ1n) is 9.91. The summed E-state index contributed by atoms with van der Waals surface area (Å²) in [7, 11) is 0. The molecule has 2 amide bonds. The second kappa shape index (κ2) is 10.2. The molecule has 1 saturated heterocycles. The number of piperazine rings is 1. The molecule has 3 rings (SSSR count). The van der Waals surface area contributed by atoms with E-state index in [1.165, 1.54) is 6.07 Å². The van der Waals surface area contributed by atoms with Gasteiger partial charge < -0.3 is 15.4 Å². The van der Waals surface area contributed by atoms with Crippen LogP contribution in [0.3, 0.4) is 0 Å². The van der Waals surface area contributed by atoms with E-state index in [9.17, 15) is 18.4 Å². The molecule has 1 unspecified atom stereocenters. The second-order valence-electron chi connectivity index (χ2n) is 7.00. The predicted molar refractivity (Wildman–Crippen MR) is 108 cm³/mol. The van der Waals surface area contributed by atoms with Crippen molar-refractivity contribution in [1.29, 1.82) is 0 Å². The van der Waals surface area contributed by atoms with Crippen LogP contribution in [0.5, 0.6) is 5.75 Å². The summed E-state index contributed by atoms with van der Waals surface area (Å²) in [5, 5.41) is 5.29. The van der Waals surface area contributed by atoms with E-state index >= 15 is 0 Å². The highest BCUT2D eigenvalue weighted by Crippen LogP contribution is 2.22. The van der Waals surface area contributed by atoms with Gasteiger partial charge in [0.1, 0.15) is 17.4 Å². The zero-order valence-electron chi connectivity index (χ0n) is 16.8. The summed E-state index contributed by atoms with van der Waals surface area (Å²) >= 11 is 0. The zero-order valence-corrected chi connectivity index (χ0v) is 16.8. The average molecular weight is 417 g/mol. The Balaban J connectivity index is 1.66. The van der Waals surface area contributed by atoms with Crippen LogP contribution in [0.4, 0.5) is 8.78 Å². The molecule has 2 aromatic carbocycles. The molecule has 0 aromatic heterocycles. The molecule has 160 valence electrons. The molecule has 6 nitrogen and oxygen atoms in total. The minimum atomic E-state index is -0.722. The van der Waals surface area contributed by atoms with E-state index in [1.54, 1.807) is 0 Å². The Morgan fingerprint density at radius 1 is 1.20 bits per heavy atom. The highest BCUT2D eigenvalue weighted by atomic mass is 19.1. The summed E-state index contributed by atoms with van der Waals surface area (Å²) in [5.41, 5.74) is 0.717. The van der Waals surface area contributed by atoms with Gasteiger partial charge in [-0.05, 0) is 25.1 Å². The smallest absolute Gasteiger partial charge is 0.237 e. The molecule has 0 bridgehead atoms. The van der Waals surface area contributed by atoms with Crippen LogP contribution in [0.1, 0.15) is 24.5 Å². The monoisotopic (exact) mass is 417 g/mol. The number of rotatable bonds is 8. The average Bonchev–Trinajstić information content (AvgIpc) is 2.72. The summed E-state index contributed by atoms with van der Waals surface area (Å²) in [6, 6.07) is 10.4. The second-order valence-corrected chi connectivity index (χ2v) is 7.00. The van der Waals surface area contributed by atoms with Crippen molar-refractivity contribution in [3.63, 3.8) is 0 Å². The standard InChI is InChI=1S/C22H25F2N3O3/c1-2-30-20-9-4-3-6-15(20)14-27-11-10-25-22(29)19(27)12-21(28)26-13-16-17(23)7-5-8-18(16)24/h3-9,19H,2,10-14H2,1H3,(H,25,29)(H,26,28). The van der Waals surface area contributed by atoms with Gasteiger partial charge in [0.2, 0.25) is 11.8 Å². The first-order valence-corrected chi connectivity index (χ1v) is 9.91. The molecule has 0 aliphatic carbocycles. The summed E-state index contributed by atoms with van der Waals surface area (Å²) in [6.07, 6.45) is -0.112. The van der Waals surface area contributed by atoms with E-state index in [4.69, 9.17) is 4.74 Å². The number of amides is 2. The van der Waals surface area contributed by atoms with Crippen molar-refractivity contribution in [2.75, 3.05) is 19.7 Å². The van der Waals surface area contributed by atoms with E-state index < -0.39 is 23.6 Å². The third-order valence-electron chi connectivity index (χ3n) is 4.99. The number of hydrogen-bond acceptors (Lipinski definition) is 4. The maximum atomic E-state index is 13.8. The maximum absolute atomic E-state index is 13.8. The third-order valence-corrected chi connectivity index (χ3v) is 4.99. The largest absolute Gasteiger partial charge is 0.494 e. The molecule has 1 aliphatic heterocycles. The van der Waals surface area contributed by atoms with Crippen molar-refractivity contribution < 1.29 is 23.1 Å². The van der Waals surface area contributed by atoms with Crippen LogP contribution >= 0.6 is 0 Å². The van der Waals surface area contributed by atoms with Crippen LogP contribution in [0, 0.1) is 11.6 Å². The zero-order chi connectivity index (χ0) is 21.5. The highest BCUT2D eigenvalue weighted by molar-refractivity contribution is 5.88. The van der Waals surface area contributed by atoms with Crippen molar-refractivity contribution in [3.05, 3.63) is 65.2 Å². The van der Waals surface area contributed by atoms with Crippen LogP contribution < -0.4 is 15.4 Å². The summed E-state index contributed by atoms with van der Waals surface area (Å²) in [5.74, 6) is -1.41. The molecule has 2 N–H and O–H groups in total. The summed E-state index contributed by atoms with van der Waals surface area (Å²) in [6.45, 7) is 3.65. The lowest BCUT2D eigenvalue weighted by Gasteiger charge is -2.35. The SMILES string of the molecule is CCOc1ccccc1CN1CCNC(=O)C1CC(=O)NCc1c(F)cccc1F. The summed E-state index contributed by atoms with van der Waals surface area (Å²) in [4.78, 5) is 26.8. The minimum absolute atomic E-state index is 0.112. The molecule has 2 aromatic rings. The molecule has 8 heteroatoms. The summed E-state index contributed by atoms with van der Waals surface area (Å²) < 4.78 is 33.2. The molecule has 1 fully saturated rings. The lowest BCUT2D eigenvalue weighted by atomic mass is 10.1. The first kappa shape index (κ1) is 21.7. The van der Waals surface area contributed by atoms with Gasteiger partial charge in [0.15, 0.2) is 0 Å². The van der Waals surface area contributed by atoms with Crippen molar-refractivity contribution >= 4 is 11.8 Å². The lowest BCUT2D eigenvalue weighted by molar-refractivity contribution is -0.134. The van der Waals surface area contributed by atoms with Gasteiger partial charge in [-0.3, -0.25) is 14.5 Å². The van der Waals surface area contributed by atoms with Crippen molar-refractivity contribution in [2.24, 2.45) is 0 Å². The van der Waals surface area contributed by atoms with Crippen LogP contribution in [0.2, 0.25) is 0 Å². The fourth-order valence-corrected chi connectivity index (χ4v) is 3.46. The molecule has 0 spiro atoms. The van der Waals surface area contributed by atoms with Gasteiger partial charge in [-0.15, -0.1) is 0 Å². The third kappa shape index (κ3) is 5.33. The Labute approximate surface area is 174 Å². The molecular weight excluding hydrogens is 392 g/mol. The van der Waals surface area contributed by atoms with Crippen LogP contribution in [0.25, 0.3) is 0 Å². The van der Waals surface area contributed by atoms with E-state index in [0.717, 1.165) is 23.4 Å². The normalized spacial score (nSPS) is 16.8. The Morgan fingerprint density at radius 3 is 2.67 bits per heavy atom. The Hall–Kier alpha value is -3.00. The van der Waals surface area contributed by atoms with E-state index in [1.807, 2.05) is 36.1 Å². The maximum Gasteiger partial charge on any atom is 0.237 e. The van der Waals surface area contributed by atoms with Gasteiger partial charge in [-0.2, -0.15) is 0 Å². The molecular formula is C22H25F2N3O3. The fourth-order valence-electron chi connectivity index (χ4n) is 3.46. The van der Waals surface area contributed by atoms with E-state index in [2.05, 4.69) is 10.6 Å². The number of carbonyl (C=O) groups excluding carboxylic acids is 2. The Kier molecular flexibility index (Phi) is 7.35. The number of benzene rings is 2. The van der Waals surface area contributed by atoms with Gasteiger partial charge >= 0.3 is 0 Å². The van der Waals surface area contributed by atoms with Crippen molar-refractivity contribution in [2.45, 2.75) is 32.5 Å². The number of carbonyl (C=O) groups is 2. The van der Waals surface area contributed by atoms with E-state index in [0.29, 0.717) is 26.2 Å². The first-order chi connectivity index (χ1) is 14.5. The number of para-hydroxylation sites is 1. The van der Waals surface area contributed by atoms with Crippen LogP contribution in [-0.2, 0) is 22.7 Å². The number of nitrogens with zero attached hydrogens (tertiary/aromatic N) is 1. The Bertz CT molecular complexity index is 887. The van der Waals surface area contributed by atoms with E-state index in [-0.39, 0.29) is 24.4 Å². The van der Waals surface area contributed by atoms with Crippen molar-refractivity contribution in [3.8, 4) is 5.75 Å². The highest BCUT2D eigenvalue weighted by Gasteiger charge is 2.32.